The number of carbonyl (C=O) groups is 1. The van der Waals surface area contributed by atoms with Crippen LogP contribution in [-0.2, 0) is 6.54 Å². The van der Waals surface area contributed by atoms with Crippen LogP contribution in [0.2, 0.25) is 0 Å². The minimum absolute atomic E-state index is 0.224. The van der Waals surface area contributed by atoms with E-state index in [2.05, 4.69) is 15.3 Å². The summed E-state index contributed by atoms with van der Waals surface area (Å²) in [5.74, 6) is 1.92. The van der Waals surface area contributed by atoms with Gasteiger partial charge in [-0.1, -0.05) is 6.07 Å². The van der Waals surface area contributed by atoms with Gasteiger partial charge in [-0.2, -0.15) is 0 Å². The van der Waals surface area contributed by atoms with Crippen molar-refractivity contribution in [3.05, 3.63) is 58.2 Å². The van der Waals surface area contributed by atoms with Gasteiger partial charge in [0.25, 0.3) is 5.91 Å². The number of amides is 1. The van der Waals surface area contributed by atoms with Crippen molar-refractivity contribution in [2.24, 2.45) is 0 Å². The second-order valence-corrected chi connectivity index (χ2v) is 6.72. The fourth-order valence-electron chi connectivity index (χ4n) is 2.55. The number of fused-ring (bicyclic) bond motifs is 1. The smallest absolute Gasteiger partial charge is 0.265 e. The van der Waals surface area contributed by atoms with E-state index in [0.29, 0.717) is 41.2 Å². The SMILES string of the molecule is Cc1ccc(Oc2ncccc2CNC(=O)c2scc3c2OCCO3)cn1. The molecule has 0 saturated carbocycles. The largest absolute Gasteiger partial charge is 0.485 e. The van der Waals surface area contributed by atoms with Crippen molar-refractivity contribution in [2.75, 3.05) is 13.2 Å². The number of carbonyl (C=O) groups excluding carboxylic acids is 1. The maximum absolute atomic E-state index is 12.6. The number of thiophene rings is 1. The zero-order valence-electron chi connectivity index (χ0n) is 14.6. The zero-order valence-corrected chi connectivity index (χ0v) is 15.4. The van der Waals surface area contributed by atoms with E-state index < -0.39 is 0 Å². The van der Waals surface area contributed by atoms with E-state index in [9.17, 15) is 4.79 Å². The molecule has 0 fully saturated rings. The van der Waals surface area contributed by atoms with E-state index in [1.807, 2.05) is 25.1 Å². The van der Waals surface area contributed by atoms with Gasteiger partial charge in [0.1, 0.15) is 23.8 Å². The van der Waals surface area contributed by atoms with Gasteiger partial charge in [-0.25, -0.2) is 4.98 Å². The van der Waals surface area contributed by atoms with Crippen LogP contribution < -0.4 is 19.5 Å². The molecule has 8 heteroatoms. The Balaban J connectivity index is 1.46. The van der Waals surface area contributed by atoms with Gasteiger partial charge >= 0.3 is 0 Å². The molecule has 138 valence electrons. The predicted octanol–water partition coefficient (Wildman–Crippen LogP) is 3.34. The Morgan fingerprint density at radius 2 is 2.15 bits per heavy atom. The standard InChI is InChI=1S/C19H17N3O4S/c1-12-4-5-14(10-21-12)26-19-13(3-2-6-20-19)9-22-18(23)17-16-15(11-27-17)24-7-8-25-16/h2-6,10-11H,7-9H2,1H3,(H,22,23). The highest BCUT2D eigenvalue weighted by Gasteiger charge is 2.23. The zero-order chi connectivity index (χ0) is 18.6. The molecule has 0 aliphatic carbocycles. The summed E-state index contributed by atoms with van der Waals surface area (Å²) in [5, 5.41) is 4.67. The van der Waals surface area contributed by atoms with Crippen LogP contribution in [-0.4, -0.2) is 29.1 Å². The molecule has 0 aromatic carbocycles. The average molecular weight is 383 g/mol. The van der Waals surface area contributed by atoms with Gasteiger partial charge in [-0.3, -0.25) is 9.78 Å². The fraction of sp³-hybridized carbons (Fsp3) is 0.211. The van der Waals surface area contributed by atoms with Gasteiger partial charge in [0.05, 0.1) is 6.20 Å². The molecular formula is C19H17N3O4S. The molecule has 3 aromatic heterocycles. The highest BCUT2D eigenvalue weighted by molar-refractivity contribution is 7.12. The third kappa shape index (κ3) is 3.85. The third-order valence-electron chi connectivity index (χ3n) is 3.90. The lowest BCUT2D eigenvalue weighted by molar-refractivity contribution is 0.0945. The second kappa shape index (κ2) is 7.63. The molecule has 0 bridgehead atoms. The topological polar surface area (TPSA) is 82.6 Å². The summed E-state index contributed by atoms with van der Waals surface area (Å²) < 4.78 is 16.9. The number of pyridine rings is 2. The first-order valence-corrected chi connectivity index (χ1v) is 9.28. The molecule has 0 saturated heterocycles. The summed E-state index contributed by atoms with van der Waals surface area (Å²) in [6, 6.07) is 7.34. The van der Waals surface area contributed by atoms with Gasteiger partial charge in [-0.15, -0.1) is 11.3 Å². The van der Waals surface area contributed by atoms with Crippen LogP contribution in [0.4, 0.5) is 0 Å². The predicted molar refractivity (Wildman–Crippen MR) is 99.8 cm³/mol. The lowest BCUT2D eigenvalue weighted by atomic mass is 10.2. The average Bonchev–Trinajstić information content (AvgIpc) is 3.13. The molecule has 1 N–H and O–H groups in total. The molecule has 4 rings (SSSR count). The molecule has 1 aliphatic rings. The number of nitrogens with zero attached hydrogens (tertiary/aromatic N) is 2. The highest BCUT2D eigenvalue weighted by atomic mass is 32.1. The van der Waals surface area contributed by atoms with E-state index in [1.165, 1.54) is 11.3 Å². The minimum Gasteiger partial charge on any atom is -0.485 e. The number of rotatable bonds is 5. The molecule has 3 aromatic rings. The van der Waals surface area contributed by atoms with Crippen molar-refractivity contribution >= 4 is 17.2 Å². The number of aromatic nitrogens is 2. The second-order valence-electron chi connectivity index (χ2n) is 5.84. The van der Waals surface area contributed by atoms with Crippen LogP contribution >= 0.6 is 11.3 Å². The number of hydrogen-bond donors (Lipinski definition) is 1. The number of hydrogen-bond acceptors (Lipinski definition) is 7. The Morgan fingerprint density at radius 1 is 1.26 bits per heavy atom. The maximum Gasteiger partial charge on any atom is 0.265 e. The van der Waals surface area contributed by atoms with E-state index in [4.69, 9.17) is 14.2 Å². The van der Waals surface area contributed by atoms with Crippen molar-refractivity contribution in [2.45, 2.75) is 13.5 Å². The first-order chi connectivity index (χ1) is 13.2. The third-order valence-corrected chi connectivity index (χ3v) is 4.83. The van der Waals surface area contributed by atoms with E-state index >= 15 is 0 Å². The van der Waals surface area contributed by atoms with Crippen LogP contribution in [0, 0.1) is 6.92 Å². The summed E-state index contributed by atoms with van der Waals surface area (Å²) in [6.07, 6.45) is 3.28. The van der Waals surface area contributed by atoms with Crippen molar-refractivity contribution in [1.82, 2.24) is 15.3 Å². The van der Waals surface area contributed by atoms with Crippen LogP contribution in [0.5, 0.6) is 23.1 Å². The molecule has 4 heterocycles. The van der Waals surface area contributed by atoms with Gasteiger partial charge in [0.15, 0.2) is 11.5 Å². The van der Waals surface area contributed by atoms with E-state index in [-0.39, 0.29) is 12.5 Å². The molecule has 0 radical (unpaired) electrons. The maximum atomic E-state index is 12.6. The first kappa shape index (κ1) is 17.3. The van der Waals surface area contributed by atoms with Crippen molar-refractivity contribution in [3.8, 4) is 23.1 Å². The quantitative estimate of drug-likeness (QED) is 0.728. The van der Waals surface area contributed by atoms with Crippen molar-refractivity contribution in [1.29, 1.82) is 0 Å². The molecule has 0 unspecified atom stereocenters. The van der Waals surface area contributed by atoms with Gasteiger partial charge in [0.2, 0.25) is 5.88 Å². The highest BCUT2D eigenvalue weighted by Crippen LogP contribution is 2.39. The number of nitrogens with one attached hydrogen (secondary N) is 1. The molecule has 1 aliphatic heterocycles. The molecule has 0 spiro atoms. The van der Waals surface area contributed by atoms with Gasteiger partial charge in [0, 0.05) is 29.4 Å². The summed E-state index contributed by atoms with van der Waals surface area (Å²) in [7, 11) is 0. The normalized spacial score (nSPS) is 12.5. The summed E-state index contributed by atoms with van der Waals surface area (Å²) in [4.78, 5) is 21.5. The van der Waals surface area contributed by atoms with Crippen LogP contribution in [0.3, 0.4) is 0 Å². The van der Waals surface area contributed by atoms with Crippen molar-refractivity contribution < 1.29 is 19.0 Å². The van der Waals surface area contributed by atoms with Crippen molar-refractivity contribution in [3.63, 3.8) is 0 Å². The monoisotopic (exact) mass is 383 g/mol. The molecular weight excluding hydrogens is 366 g/mol. The molecule has 7 nitrogen and oxygen atoms in total. The molecule has 0 atom stereocenters. The fourth-order valence-corrected chi connectivity index (χ4v) is 3.40. The van der Waals surface area contributed by atoms with Crippen LogP contribution in [0.15, 0.2) is 42.0 Å². The van der Waals surface area contributed by atoms with E-state index in [0.717, 1.165) is 11.3 Å². The van der Waals surface area contributed by atoms with Gasteiger partial charge < -0.3 is 19.5 Å². The Labute approximate surface area is 159 Å². The Morgan fingerprint density at radius 3 is 3.00 bits per heavy atom. The molecule has 27 heavy (non-hydrogen) atoms. The summed E-state index contributed by atoms with van der Waals surface area (Å²) >= 11 is 1.30. The summed E-state index contributed by atoms with van der Waals surface area (Å²) in [6.45, 7) is 3.11. The van der Waals surface area contributed by atoms with Crippen LogP contribution in [0.1, 0.15) is 20.9 Å². The Bertz CT molecular complexity index is 956. The van der Waals surface area contributed by atoms with E-state index in [1.54, 1.807) is 23.8 Å². The number of aryl methyl sites for hydroxylation is 1. The number of ether oxygens (including phenoxy) is 3. The lowest BCUT2D eigenvalue weighted by Gasteiger charge is -2.16. The first-order valence-electron chi connectivity index (χ1n) is 8.40. The molecule has 1 amide bonds. The lowest BCUT2D eigenvalue weighted by Crippen LogP contribution is -2.24. The van der Waals surface area contributed by atoms with Crippen LogP contribution in [0.25, 0.3) is 0 Å². The Hall–Kier alpha value is -3.13. The minimum atomic E-state index is -0.224. The summed E-state index contributed by atoms with van der Waals surface area (Å²) in [5.41, 5.74) is 1.66. The Kier molecular flexibility index (Phi) is 4.88. The van der Waals surface area contributed by atoms with Gasteiger partial charge in [-0.05, 0) is 25.1 Å².